The summed E-state index contributed by atoms with van der Waals surface area (Å²) < 4.78 is 1.59. The third-order valence-corrected chi connectivity index (χ3v) is 1.99. The molecule has 0 spiro atoms. The molecule has 1 rings (SSSR count). The minimum atomic E-state index is 0.213. The molecule has 0 radical (unpaired) electrons. The van der Waals surface area contributed by atoms with Gasteiger partial charge in [0.15, 0.2) is 0 Å². The lowest BCUT2D eigenvalue weighted by atomic mass is 10.1. The van der Waals surface area contributed by atoms with Gasteiger partial charge in [-0.1, -0.05) is 18.9 Å². The molecule has 1 aromatic rings. The molecule has 0 aliphatic heterocycles. The average molecular weight is 184 g/mol. The summed E-state index contributed by atoms with van der Waals surface area (Å²) in [6, 6.07) is 0.213. The van der Waals surface area contributed by atoms with Crippen LogP contribution in [0.15, 0.2) is 0 Å². The van der Waals surface area contributed by atoms with Crippen LogP contribution >= 0.6 is 0 Å². The van der Waals surface area contributed by atoms with E-state index in [0.29, 0.717) is 18.4 Å². The second-order valence-corrected chi connectivity index (χ2v) is 3.36. The second kappa shape index (κ2) is 4.18. The monoisotopic (exact) mass is 184 g/mol. The number of nitrogens with one attached hydrogen (secondary N) is 1. The Balaban J connectivity index is 2.62. The maximum atomic E-state index is 5.60. The molecule has 1 heterocycles. The van der Waals surface area contributed by atoms with Crippen LogP contribution in [0.2, 0.25) is 0 Å². The van der Waals surface area contributed by atoms with Gasteiger partial charge in [0.05, 0.1) is 0 Å². The molecule has 13 heavy (non-hydrogen) atoms. The summed E-state index contributed by atoms with van der Waals surface area (Å²) in [5, 5.41) is 14.2. The summed E-state index contributed by atoms with van der Waals surface area (Å²) in [4.78, 5) is 0. The Labute approximate surface area is 77.5 Å². The number of anilines is 1. The number of tetrazole rings is 1. The SMILES string of the molecule is CC(C)C(CN)Nc1nnnn1C. The molecule has 0 amide bonds. The van der Waals surface area contributed by atoms with Gasteiger partial charge < -0.3 is 11.1 Å². The molecule has 0 aliphatic carbocycles. The van der Waals surface area contributed by atoms with Crippen molar-refractivity contribution in [1.29, 1.82) is 0 Å². The third kappa shape index (κ3) is 2.38. The van der Waals surface area contributed by atoms with E-state index in [0.717, 1.165) is 0 Å². The van der Waals surface area contributed by atoms with Crippen molar-refractivity contribution in [2.45, 2.75) is 19.9 Å². The van der Waals surface area contributed by atoms with E-state index >= 15 is 0 Å². The summed E-state index contributed by atoms with van der Waals surface area (Å²) in [6.07, 6.45) is 0. The Bertz CT molecular complexity index is 255. The van der Waals surface area contributed by atoms with Gasteiger partial charge in [0, 0.05) is 19.6 Å². The van der Waals surface area contributed by atoms with Crippen molar-refractivity contribution >= 4 is 5.95 Å². The molecule has 0 aromatic carbocycles. The molecule has 1 unspecified atom stereocenters. The largest absolute Gasteiger partial charge is 0.349 e. The van der Waals surface area contributed by atoms with Crippen LogP contribution in [0.25, 0.3) is 0 Å². The molecule has 0 saturated carbocycles. The minimum Gasteiger partial charge on any atom is -0.349 e. The Morgan fingerprint density at radius 1 is 1.54 bits per heavy atom. The standard InChI is InChI=1S/C7H16N6/c1-5(2)6(4-8)9-7-10-11-12-13(7)3/h5-6H,4,8H2,1-3H3,(H,9,10,12). The van der Waals surface area contributed by atoms with Gasteiger partial charge in [-0.2, -0.15) is 0 Å². The first kappa shape index (κ1) is 9.91. The summed E-state index contributed by atoms with van der Waals surface area (Å²) in [7, 11) is 1.79. The first-order valence-electron chi connectivity index (χ1n) is 4.34. The quantitative estimate of drug-likeness (QED) is 0.665. The zero-order valence-electron chi connectivity index (χ0n) is 8.23. The highest BCUT2D eigenvalue weighted by molar-refractivity contribution is 5.23. The van der Waals surface area contributed by atoms with Crippen molar-refractivity contribution in [2.24, 2.45) is 18.7 Å². The van der Waals surface area contributed by atoms with Gasteiger partial charge >= 0.3 is 0 Å². The van der Waals surface area contributed by atoms with E-state index in [1.165, 1.54) is 0 Å². The highest BCUT2D eigenvalue weighted by Crippen LogP contribution is 2.06. The third-order valence-electron chi connectivity index (χ3n) is 1.99. The van der Waals surface area contributed by atoms with E-state index in [1.54, 1.807) is 11.7 Å². The van der Waals surface area contributed by atoms with Gasteiger partial charge in [0.25, 0.3) is 0 Å². The number of aromatic nitrogens is 4. The Hall–Kier alpha value is -1.17. The van der Waals surface area contributed by atoms with Gasteiger partial charge in [0.1, 0.15) is 0 Å². The van der Waals surface area contributed by atoms with E-state index in [-0.39, 0.29) is 6.04 Å². The summed E-state index contributed by atoms with van der Waals surface area (Å²) in [5.41, 5.74) is 5.60. The zero-order chi connectivity index (χ0) is 9.84. The van der Waals surface area contributed by atoms with Gasteiger partial charge in [-0.3, -0.25) is 0 Å². The second-order valence-electron chi connectivity index (χ2n) is 3.36. The smallest absolute Gasteiger partial charge is 0.242 e. The van der Waals surface area contributed by atoms with E-state index in [9.17, 15) is 0 Å². The zero-order valence-corrected chi connectivity index (χ0v) is 8.23. The Morgan fingerprint density at radius 3 is 2.62 bits per heavy atom. The number of nitrogens with zero attached hydrogens (tertiary/aromatic N) is 4. The molecule has 6 nitrogen and oxygen atoms in total. The highest BCUT2D eigenvalue weighted by Gasteiger charge is 2.13. The van der Waals surface area contributed by atoms with Crippen molar-refractivity contribution in [3.63, 3.8) is 0 Å². The van der Waals surface area contributed by atoms with Crippen molar-refractivity contribution in [2.75, 3.05) is 11.9 Å². The minimum absolute atomic E-state index is 0.213. The maximum absolute atomic E-state index is 5.60. The van der Waals surface area contributed by atoms with Crippen LogP contribution in [0.4, 0.5) is 5.95 Å². The van der Waals surface area contributed by atoms with Crippen LogP contribution in [0, 0.1) is 5.92 Å². The highest BCUT2D eigenvalue weighted by atomic mass is 15.6. The topological polar surface area (TPSA) is 81.7 Å². The molecule has 74 valence electrons. The lowest BCUT2D eigenvalue weighted by molar-refractivity contribution is 0.524. The van der Waals surface area contributed by atoms with Crippen molar-refractivity contribution in [3.05, 3.63) is 0 Å². The molecule has 1 atom stereocenters. The molecule has 1 aromatic heterocycles. The van der Waals surface area contributed by atoms with E-state index in [1.807, 2.05) is 0 Å². The van der Waals surface area contributed by atoms with Crippen LogP contribution in [0.1, 0.15) is 13.8 Å². The van der Waals surface area contributed by atoms with Crippen molar-refractivity contribution in [1.82, 2.24) is 20.2 Å². The summed E-state index contributed by atoms with van der Waals surface area (Å²) in [6.45, 7) is 4.78. The molecule has 0 saturated heterocycles. The van der Waals surface area contributed by atoms with E-state index < -0.39 is 0 Å². The number of hydrogen-bond acceptors (Lipinski definition) is 5. The summed E-state index contributed by atoms with van der Waals surface area (Å²) in [5.74, 6) is 1.12. The molecule has 0 bridgehead atoms. The van der Waals surface area contributed by atoms with Gasteiger partial charge in [-0.25, -0.2) is 4.68 Å². The van der Waals surface area contributed by atoms with Crippen LogP contribution in [0.3, 0.4) is 0 Å². The Morgan fingerprint density at radius 2 is 2.23 bits per heavy atom. The predicted molar refractivity (Wildman–Crippen MR) is 50.1 cm³/mol. The summed E-state index contributed by atoms with van der Waals surface area (Å²) >= 11 is 0. The average Bonchev–Trinajstić information content (AvgIpc) is 2.46. The number of aryl methyl sites for hydroxylation is 1. The lowest BCUT2D eigenvalue weighted by Gasteiger charge is -2.19. The molecule has 6 heteroatoms. The Kier molecular flexibility index (Phi) is 3.18. The molecule has 0 fully saturated rings. The van der Waals surface area contributed by atoms with Crippen LogP contribution in [-0.4, -0.2) is 32.8 Å². The van der Waals surface area contributed by atoms with Crippen molar-refractivity contribution in [3.8, 4) is 0 Å². The molecule has 0 aliphatic rings. The molecular weight excluding hydrogens is 168 g/mol. The van der Waals surface area contributed by atoms with E-state index in [4.69, 9.17) is 5.73 Å². The predicted octanol–water partition coefficient (Wildman–Crippen LogP) is -0.395. The maximum Gasteiger partial charge on any atom is 0.242 e. The van der Waals surface area contributed by atoms with Gasteiger partial charge in [0.2, 0.25) is 5.95 Å². The number of rotatable bonds is 4. The van der Waals surface area contributed by atoms with Crippen LogP contribution < -0.4 is 11.1 Å². The number of hydrogen-bond donors (Lipinski definition) is 2. The fraction of sp³-hybridized carbons (Fsp3) is 0.857. The first-order valence-corrected chi connectivity index (χ1v) is 4.34. The normalized spacial score (nSPS) is 13.3. The number of nitrogens with two attached hydrogens (primary N) is 1. The van der Waals surface area contributed by atoms with E-state index in [2.05, 4.69) is 34.7 Å². The van der Waals surface area contributed by atoms with Crippen LogP contribution in [-0.2, 0) is 7.05 Å². The van der Waals surface area contributed by atoms with Crippen molar-refractivity contribution < 1.29 is 0 Å². The fourth-order valence-electron chi connectivity index (χ4n) is 1.02. The van der Waals surface area contributed by atoms with Gasteiger partial charge in [-0.15, -0.1) is 0 Å². The molecular formula is C7H16N6. The fourth-order valence-corrected chi connectivity index (χ4v) is 1.02. The van der Waals surface area contributed by atoms with Crippen LogP contribution in [0.5, 0.6) is 0 Å². The first-order chi connectivity index (χ1) is 6.15. The lowest BCUT2D eigenvalue weighted by Crippen LogP contribution is -2.34. The van der Waals surface area contributed by atoms with Gasteiger partial charge in [-0.05, 0) is 16.3 Å². The molecule has 3 N–H and O–H groups in total.